The Morgan fingerprint density at radius 2 is 2.09 bits per heavy atom. The Kier molecular flexibility index (Phi) is 4.01. The minimum Gasteiger partial charge on any atom is -0.354 e. The van der Waals surface area contributed by atoms with E-state index in [4.69, 9.17) is 0 Å². The molecule has 6 heteroatoms. The Morgan fingerprint density at radius 1 is 1.30 bits per heavy atom. The zero-order chi connectivity index (χ0) is 15.8. The van der Waals surface area contributed by atoms with Gasteiger partial charge >= 0.3 is 0 Å². The van der Waals surface area contributed by atoms with E-state index in [1.54, 1.807) is 18.5 Å². The van der Waals surface area contributed by atoms with Gasteiger partial charge in [0.05, 0.1) is 6.54 Å². The molecule has 2 heterocycles. The maximum atomic E-state index is 13.8. The van der Waals surface area contributed by atoms with E-state index in [0.717, 1.165) is 12.3 Å². The number of rotatable bonds is 6. The van der Waals surface area contributed by atoms with Crippen molar-refractivity contribution in [1.82, 2.24) is 20.2 Å². The van der Waals surface area contributed by atoms with Crippen LogP contribution in [0.15, 0.2) is 18.5 Å². The first kappa shape index (κ1) is 15.0. The number of likely N-dealkylation sites (tertiary alicyclic amines) is 1. The number of hydrogen-bond acceptors (Lipinski definition) is 4. The highest BCUT2D eigenvalue weighted by molar-refractivity contribution is 5.81. The lowest BCUT2D eigenvalue weighted by Crippen LogP contribution is -2.40. The lowest BCUT2D eigenvalue weighted by molar-refractivity contribution is -0.122. The summed E-state index contributed by atoms with van der Waals surface area (Å²) >= 11 is 0. The van der Waals surface area contributed by atoms with E-state index in [0.29, 0.717) is 37.8 Å². The van der Waals surface area contributed by atoms with Gasteiger partial charge in [0, 0.05) is 37.4 Å². The average molecular weight is 318 g/mol. The van der Waals surface area contributed by atoms with Gasteiger partial charge in [-0.15, -0.1) is 0 Å². The first-order valence-corrected chi connectivity index (χ1v) is 8.62. The first-order chi connectivity index (χ1) is 11.2. The van der Waals surface area contributed by atoms with Crippen molar-refractivity contribution in [2.24, 2.45) is 17.8 Å². The molecule has 2 saturated carbocycles. The van der Waals surface area contributed by atoms with Gasteiger partial charge in [-0.2, -0.15) is 0 Å². The molecule has 1 aliphatic heterocycles. The predicted octanol–water partition coefficient (Wildman–Crippen LogP) is 1.55. The first-order valence-electron chi connectivity index (χ1n) is 8.62. The maximum absolute atomic E-state index is 13.8. The fraction of sp³-hybridized carbons (Fsp3) is 0.706. The number of carbonyl (C=O) groups excluding carboxylic acids is 1. The molecule has 0 spiro atoms. The van der Waals surface area contributed by atoms with Crippen LogP contribution in [0.25, 0.3) is 0 Å². The van der Waals surface area contributed by atoms with Gasteiger partial charge in [0.25, 0.3) is 0 Å². The molecule has 4 atom stereocenters. The summed E-state index contributed by atoms with van der Waals surface area (Å²) in [6.07, 6.45) is 6.69. The highest BCUT2D eigenvalue weighted by Crippen LogP contribution is 2.54. The Morgan fingerprint density at radius 3 is 2.83 bits per heavy atom. The number of nitrogens with zero attached hydrogens (tertiary/aromatic N) is 3. The second-order valence-electron chi connectivity index (χ2n) is 7.17. The molecule has 3 fully saturated rings. The largest absolute Gasteiger partial charge is 0.354 e. The van der Waals surface area contributed by atoms with Crippen LogP contribution in [0.4, 0.5) is 4.39 Å². The van der Waals surface area contributed by atoms with Gasteiger partial charge in [-0.05, 0) is 43.6 Å². The van der Waals surface area contributed by atoms with E-state index in [1.165, 1.54) is 12.8 Å². The van der Waals surface area contributed by atoms with Crippen LogP contribution in [0, 0.1) is 17.8 Å². The molecule has 0 aromatic carbocycles. The van der Waals surface area contributed by atoms with Crippen molar-refractivity contribution in [1.29, 1.82) is 0 Å². The van der Waals surface area contributed by atoms with Gasteiger partial charge in [0.15, 0.2) is 0 Å². The summed E-state index contributed by atoms with van der Waals surface area (Å²) in [5.74, 6) is 2.52. The third-order valence-electron chi connectivity index (χ3n) is 5.36. The van der Waals surface area contributed by atoms with Crippen molar-refractivity contribution in [3.63, 3.8) is 0 Å². The van der Waals surface area contributed by atoms with Crippen LogP contribution in [0.2, 0.25) is 0 Å². The molecule has 124 valence electrons. The standard InChI is InChI=1S/C17H23FN4O/c18-12-6-13(22(9-12)10-16-19-4-1-5-20-16)8-21-17(23)15-7-14(15)11-2-3-11/h1,4-5,11-15H,2-3,6-10H2,(H,21,23)/t12-,13-,14-,15+/m0/s1. The van der Waals surface area contributed by atoms with Crippen molar-refractivity contribution in [3.8, 4) is 0 Å². The Bertz CT molecular complexity index is 565. The van der Waals surface area contributed by atoms with Crippen LogP contribution in [0.1, 0.15) is 31.5 Å². The lowest BCUT2D eigenvalue weighted by atomic mass is 10.2. The maximum Gasteiger partial charge on any atom is 0.223 e. The fourth-order valence-electron chi connectivity index (χ4n) is 3.83. The summed E-state index contributed by atoms with van der Waals surface area (Å²) in [7, 11) is 0. The van der Waals surface area contributed by atoms with Gasteiger partial charge in [-0.25, -0.2) is 14.4 Å². The number of hydrogen-bond donors (Lipinski definition) is 1. The number of amides is 1. The van der Waals surface area contributed by atoms with Crippen molar-refractivity contribution in [3.05, 3.63) is 24.3 Å². The quantitative estimate of drug-likeness (QED) is 0.865. The van der Waals surface area contributed by atoms with Crippen LogP contribution in [-0.4, -0.2) is 46.1 Å². The Labute approximate surface area is 135 Å². The molecule has 5 nitrogen and oxygen atoms in total. The minimum atomic E-state index is -0.833. The molecule has 1 saturated heterocycles. The van der Waals surface area contributed by atoms with Gasteiger partial charge in [-0.1, -0.05) is 0 Å². The summed E-state index contributed by atoms with van der Waals surface area (Å²) in [4.78, 5) is 22.7. The zero-order valence-electron chi connectivity index (χ0n) is 13.2. The van der Waals surface area contributed by atoms with Crippen LogP contribution in [-0.2, 0) is 11.3 Å². The fourth-order valence-corrected chi connectivity index (χ4v) is 3.83. The van der Waals surface area contributed by atoms with Crippen molar-refractivity contribution >= 4 is 5.91 Å². The molecule has 1 aromatic rings. The molecule has 4 rings (SSSR count). The molecule has 1 aromatic heterocycles. The van der Waals surface area contributed by atoms with Crippen molar-refractivity contribution in [2.45, 2.75) is 44.4 Å². The number of alkyl halides is 1. The molecular weight excluding hydrogens is 295 g/mol. The van der Waals surface area contributed by atoms with E-state index in [2.05, 4.69) is 15.3 Å². The van der Waals surface area contributed by atoms with E-state index >= 15 is 0 Å². The monoisotopic (exact) mass is 318 g/mol. The van der Waals surface area contributed by atoms with Crippen LogP contribution in [0.3, 0.4) is 0 Å². The van der Waals surface area contributed by atoms with E-state index in [1.807, 2.05) is 4.90 Å². The second kappa shape index (κ2) is 6.15. The molecule has 0 unspecified atom stereocenters. The van der Waals surface area contributed by atoms with Crippen LogP contribution in [0.5, 0.6) is 0 Å². The predicted molar refractivity (Wildman–Crippen MR) is 83.1 cm³/mol. The van der Waals surface area contributed by atoms with Gasteiger partial charge in [-0.3, -0.25) is 9.69 Å². The third kappa shape index (κ3) is 3.52. The van der Waals surface area contributed by atoms with Crippen LogP contribution >= 0.6 is 0 Å². The van der Waals surface area contributed by atoms with E-state index in [-0.39, 0.29) is 17.9 Å². The average Bonchev–Trinajstić information content (AvgIpc) is 3.43. The summed E-state index contributed by atoms with van der Waals surface area (Å²) in [6.45, 7) is 1.46. The van der Waals surface area contributed by atoms with Gasteiger partial charge in [0.1, 0.15) is 12.0 Å². The summed E-state index contributed by atoms with van der Waals surface area (Å²) in [5.41, 5.74) is 0. The Hall–Kier alpha value is -1.56. The molecular formula is C17H23FN4O. The summed E-state index contributed by atoms with van der Waals surface area (Å²) < 4.78 is 13.8. The normalized spacial score (nSPS) is 33.6. The summed E-state index contributed by atoms with van der Waals surface area (Å²) in [6, 6.07) is 1.81. The molecule has 2 aliphatic carbocycles. The molecule has 3 aliphatic rings. The highest BCUT2D eigenvalue weighted by atomic mass is 19.1. The summed E-state index contributed by atoms with van der Waals surface area (Å²) in [5, 5.41) is 3.05. The SMILES string of the molecule is O=C(NC[C@@H]1C[C@H](F)CN1Cc1ncccn1)[C@@H]1C[C@H]1C1CC1. The molecule has 23 heavy (non-hydrogen) atoms. The van der Waals surface area contributed by atoms with Crippen molar-refractivity contribution < 1.29 is 9.18 Å². The van der Waals surface area contributed by atoms with E-state index in [9.17, 15) is 9.18 Å². The third-order valence-corrected chi connectivity index (χ3v) is 5.36. The van der Waals surface area contributed by atoms with E-state index < -0.39 is 6.17 Å². The smallest absolute Gasteiger partial charge is 0.223 e. The minimum absolute atomic E-state index is 0.0379. The number of aromatic nitrogens is 2. The zero-order valence-corrected chi connectivity index (χ0v) is 13.2. The second-order valence-corrected chi connectivity index (χ2v) is 7.17. The highest BCUT2D eigenvalue weighted by Gasteiger charge is 2.51. The molecule has 1 amide bonds. The van der Waals surface area contributed by atoms with Crippen LogP contribution < -0.4 is 5.32 Å². The Balaban J connectivity index is 1.29. The lowest BCUT2D eigenvalue weighted by Gasteiger charge is -2.23. The van der Waals surface area contributed by atoms with Gasteiger partial charge in [0.2, 0.25) is 5.91 Å². The number of carbonyl (C=O) groups is 1. The van der Waals surface area contributed by atoms with Gasteiger partial charge < -0.3 is 5.32 Å². The van der Waals surface area contributed by atoms with Crippen molar-refractivity contribution in [2.75, 3.05) is 13.1 Å². The molecule has 0 radical (unpaired) electrons. The number of halogens is 1. The topological polar surface area (TPSA) is 58.1 Å². The molecule has 1 N–H and O–H groups in total. The number of nitrogens with one attached hydrogen (secondary N) is 1. The molecule has 0 bridgehead atoms.